The topological polar surface area (TPSA) is 104 Å². The first kappa shape index (κ1) is 22.7. The minimum Gasteiger partial charge on any atom is -0.481 e. The van der Waals surface area contributed by atoms with Crippen LogP contribution in [0.5, 0.6) is 0 Å². The first-order chi connectivity index (χ1) is 14.9. The van der Waals surface area contributed by atoms with Crippen LogP contribution in [0.25, 0.3) is 11.7 Å². The fourth-order valence-corrected chi connectivity index (χ4v) is 4.37. The SMILES string of the molecule is C=CCNc1nc2ccccn2c(=O)c1C=C1SC(=S)N(CCCCCC(=O)O)C1=O. The van der Waals surface area contributed by atoms with Gasteiger partial charge in [-0.15, -0.1) is 6.58 Å². The van der Waals surface area contributed by atoms with Crippen LogP contribution in [0.3, 0.4) is 0 Å². The monoisotopic (exact) mass is 458 g/mol. The van der Waals surface area contributed by atoms with Gasteiger partial charge in [0.05, 0.1) is 10.5 Å². The summed E-state index contributed by atoms with van der Waals surface area (Å²) in [7, 11) is 0. The zero-order valence-corrected chi connectivity index (χ0v) is 18.4. The Bertz CT molecular complexity index is 1130. The Balaban J connectivity index is 1.85. The third-order valence-corrected chi connectivity index (χ3v) is 5.98. The lowest BCUT2D eigenvalue weighted by Gasteiger charge is -2.14. The number of nitrogens with zero attached hydrogens (tertiary/aromatic N) is 3. The molecule has 8 nitrogen and oxygen atoms in total. The molecule has 3 heterocycles. The lowest BCUT2D eigenvalue weighted by atomic mass is 10.2. The third kappa shape index (κ3) is 5.39. The Morgan fingerprint density at radius 2 is 2.10 bits per heavy atom. The second-order valence-electron chi connectivity index (χ2n) is 6.82. The third-order valence-electron chi connectivity index (χ3n) is 4.60. The van der Waals surface area contributed by atoms with Gasteiger partial charge in [0.25, 0.3) is 11.5 Å². The Labute approximate surface area is 188 Å². The van der Waals surface area contributed by atoms with Crippen LogP contribution in [-0.2, 0) is 9.59 Å². The van der Waals surface area contributed by atoms with E-state index in [1.807, 2.05) is 0 Å². The van der Waals surface area contributed by atoms with E-state index in [1.165, 1.54) is 15.4 Å². The van der Waals surface area contributed by atoms with Crippen molar-refractivity contribution in [3.8, 4) is 0 Å². The molecule has 0 saturated carbocycles. The van der Waals surface area contributed by atoms with E-state index in [0.29, 0.717) is 53.0 Å². The molecule has 0 spiro atoms. The minimum atomic E-state index is -0.829. The van der Waals surface area contributed by atoms with Crippen LogP contribution < -0.4 is 10.9 Å². The molecule has 1 amide bonds. The van der Waals surface area contributed by atoms with Gasteiger partial charge in [0.15, 0.2) is 0 Å². The number of aliphatic carboxylic acids is 1. The number of hydrogen-bond donors (Lipinski definition) is 2. The van der Waals surface area contributed by atoms with Crippen LogP contribution in [0.1, 0.15) is 31.2 Å². The van der Waals surface area contributed by atoms with Gasteiger partial charge >= 0.3 is 5.97 Å². The number of rotatable bonds is 10. The number of amides is 1. The Morgan fingerprint density at radius 3 is 2.84 bits per heavy atom. The Kier molecular flexibility index (Phi) is 7.59. The zero-order chi connectivity index (χ0) is 22.4. The van der Waals surface area contributed by atoms with E-state index < -0.39 is 5.97 Å². The molecule has 2 N–H and O–H groups in total. The van der Waals surface area contributed by atoms with E-state index in [1.54, 1.807) is 30.5 Å². The molecule has 2 aromatic heterocycles. The number of carboxylic acid groups (broad SMARTS) is 1. The molecular formula is C21H22N4O4S2. The maximum Gasteiger partial charge on any atom is 0.303 e. The number of unbranched alkanes of at least 4 members (excludes halogenated alkanes) is 2. The van der Waals surface area contributed by atoms with Gasteiger partial charge in [-0.25, -0.2) is 4.98 Å². The van der Waals surface area contributed by atoms with Crippen molar-refractivity contribution < 1.29 is 14.7 Å². The van der Waals surface area contributed by atoms with Gasteiger partial charge in [-0.05, 0) is 31.1 Å². The van der Waals surface area contributed by atoms with E-state index in [-0.39, 0.29) is 23.5 Å². The van der Waals surface area contributed by atoms with Crippen molar-refractivity contribution in [1.82, 2.24) is 14.3 Å². The summed E-state index contributed by atoms with van der Waals surface area (Å²) in [4.78, 5) is 42.9. The molecule has 0 bridgehead atoms. The van der Waals surface area contributed by atoms with Crippen LogP contribution in [0.4, 0.5) is 5.82 Å². The van der Waals surface area contributed by atoms with Crippen LogP contribution in [0.15, 0.2) is 46.8 Å². The highest BCUT2D eigenvalue weighted by Gasteiger charge is 2.32. The van der Waals surface area contributed by atoms with Crippen LogP contribution in [0, 0.1) is 0 Å². The van der Waals surface area contributed by atoms with Crippen LogP contribution in [0.2, 0.25) is 0 Å². The number of fused-ring (bicyclic) bond motifs is 1. The quantitative estimate of drug-likeness (QED) is 0.242. The molecule has 0 unspecified atom stereocenters. The van der Waals surface area contributed by atoms with E-state index in [2.05, 4.69) is 16.9 Å². The van der Waals surface area contributed by atoms with Gasteiger partial charge < -0.3 is 10.4 Å². The molecule has 1 aliphatic heterocycles. The average molecular weight is 459 g/mol. The average Bonchev–Trinajstić information content (AvgIpc) is 3.01. The summed E-state index contributed by atoms with van der Waals surface area (Å²) in [6.45, 7) is 4.50. The summed E-state index contributed by atoms with van der Waals surface area (Å²) >= 11 is 6.49. The van der Waals surface area contributed by atoms with Crippen molar-refractivity contribution in [2.75, 3.05) is 18.4 Å². The lowest BCUT2D eigenvalue weighted by Crippen LogP contribution is -2.29. The first-order valence-corrected chi connectivity index (χ1v) is 11.0. The van der Waals surface area contributed by atoms with Crippen molar-refractivity contribution in [3.63, 3.8) is 0 Å². The lowest BCUT2D eigenvalue weighted by molar-refractivity contribution is -0.137. The molecule has 1 fully saturated rings. The number of nitrogens with one attached hydrogen (secondary N) is 1. The van der Waals surface area contributed by atoms with Gasteiger partial charge in [-0.2, -0.15) is 0 Å². The van der Waals surface area contributed by atoms with E-state index in [0.717, 1.165) is 11.8 Å². The molecule has 3 rings (SSSR count). The van der Waals surface area contributed by atoms with E-state index >= 15 is 0 Å². The van der Waals surface area contributed by atoms with Crippen molar-refractivity contribution in [2.24, 2.45) is 0 Å². The summed E-state index contributed by atoms with van der Waals surface area (Å²) < 4.78 is 1.85. The normalized spacial score (nSPS) is 15.1. The van der Waals surface area contributed by atoms with Crippen molar-refractivity contribution in [2.45, 2.75) is 25.7 Å². The van der Waals surface area contributed by atoms with Gasteiger partial charge in [0.1, 0.15) is 15.8 Å². The van der Waals surface area contributed by atoms with Gasteiger partial charge in [-0.3, -0.25) is 23.7 Å². The summed E-state index contributed by atoms with van der Waals surface area (Å²) in [6.07, 6.45) is 6.82. The second kappa shape index (κ2) is 10.4. The smallest absolute Gasteiger partial charge is 0.303 e. The number of carbonyl (C=O) groups is 2. The Morgan fingerprint density at radius 1 is 1.29 bits per heavy atom. The first-order valence-electron chi connectivity index (χ1n) is 9.75. The number of aromatic nitrogens is 2. The van der Waals surface area contributed by atoms with Gasteiger partial charge in [0.2, 0.25) is 0 Å². The highest BCUT2D eigenvalue weighted by atomic mass is 32.2. The zero-order valence-electron chi connectivity index (χ0n) is 16.7. The number of thiocarbonyl (C=S) groups is 1. The van der Waals surface area contributed by atoms with E-state index in [9.17, 15) is 14.4 Å². The molecule has 0 aliphatic carbocycles. The van der Waals surface area contributed by atoms with Crippen molar-refractivity contribution >= 4 is 57.7 Å². The van der Waals surface area contributed by atoms with Crippen molar-refractivity contribution in [1.29, 1.82) is 0 Å². The van der Waals surface area contributed by atoms with E-state index in [4.69, 9.17) is 17.3 Å². The van der Waals surface area contributed by atoms with Gasteiger partial charge in [0, 0.05) is 25.7 Å². The fraction of sp³-hybridized carbons (Fsp3) is 0.286. The molecule has 0 atom stereocenters. The molecular weight excluding hydrogens is 436 g/mol. The second-order valence-corrected chi connectivity index (χ2v) is 8.49. The largest absolute Gasteiger partial charge is 0.481 e. The Hall–Kier alpha value is -2.98. The summed E-state index contributed by atoms with van der Waals surface area (Å²) in [6, 6.07) is 5.26. The number of anilines is 1. The molecule has 0 aromatic carbocycles. The molecule has 10 heteroatoms. The summed E-state index contributed by atoms with van der Waals surface area (Å²) in [5.74, 6) is -0.722. The summed E-state index contributed by atoms with van der Waals surface area (Å²) in [5.41, 5.74) is 0.466. The summed E-state index contributed by atoms with van der Waals surface area (Å²) in [5, 5.41) is 11.8. The molecule has 1 saturated heterocycles. The molecule has 162 valence electrons. The molecule has 0 radical (unpaired) electrons. The minimum absolute atomic E-state index is 0.109. The highest BCUT2D eigenvalue weighted by molar-refractivity contribution is 8.26. The number of pyridine rings is 1. The predicted molar refractivity (Wildman–Crippen MR) is 126 cm³/mol. The molecule has 2 aromatic rings. The number of carboxylic acids is 1. The maximum absolute atomic E-state index is 13.1. The number of carbonyl (C=O) groups excluding carboxylic acids is 1. The number of thioether (sulfide) groups is 1. The van der Waals surface area contributed by atoms with Crippen molar-refractivity contribution in [3.05, 3.63) is 57.9 Å². The predicted octanol–water partition coefficient (Wildman–Crippen LogP) is 3.14. The molecule has 31 heavy (non-hydrogen) atoms. The standard InChI is InChI=1S/C21H22N4O4S2/c1-2-10-22-18-14(19(28)24-11-7-5-8-16(24)23-18)13-15-20(29)25(21(30)31-15)12-6-3-4-9-17(26)27/h2,5,7-8,11,13,22H,1,3-4,6,9-10,12H2,(H,26,27). The molecule has 1 aliphatic rings. The fourth-order valence-electron chi connectivity index (χ4n) is 3.08. The maximum atomic E-state index is 13.1. The van der Waals surface area contributed by atoms with Crippen LogP contribution >= 0.6 is 24.0 Å². The number of hydrogen-bond acceptors (Lipinski definition) is 7. The van der Waals surface area contributed by atoms with Crippen LogP contribution in [-0.4, -0.2) is 48.7 Å². The van der Waals surface area contributed by atoms with Gasteiger partial charge in [-0.1, -0.05) is 42.5 Å². The highest BCUT2D eigenvalue weighted by Crippen LogP contribution is 2.33.